The largest absolute Gasteiger partial charge is 0.485 e. The van der Waals surface area contributed by atoms with E-state index in [1.165, 1.54) is 16.7 Å². The van der Waals surface area contributed by atoms with Crippen molar-refractivity contribution in [1.82, 2.24) is 4.90 Å². The first-order chi connectivity index (χ1) is 16.7. The summed E-state index contributed by atoms with van der Waals surface area (Å²) in [6, 6.07) is 25.5. The summed E-state index contributed by atoms with van der Waals surface area (Å²) in [4.78, 5) is 15.7. The number of hydrogen-bond donors (Lipinski definition) is 0. The molecule has 34 heavy (non-hydrogen) atoms. The first kappa shape index (κ1) is 20.0. The van der Waals surface area contributed by atoms with Crippen molar-refractivity contribution in [3.8, 4) is 11.5 Å². The number of carbonyl (C=O) groups is 1. The molecule has 0 amide bonds. The van der Waals surface area contributed by atoms with Crippen molar-refractivity contribution >= 4 is 5.78 Å². The number of piperidine rings is 1. The topological polar surface area (TPSA) is 38.8 Å². The Kier molecular flexibility index (Phi) is 4.46. The predicted molar refractivity (Wildman–Crippen MR) is 130 cm³/mol. The predicted octanol–water partition coefficient (Wildman–Crippen LogP) is 4.85. The maximum absolute atomic E-state index is 13.1. The number of benzene rings is 3. The minimum Gasteiger partial charge on any atom is -0.485 e. The zero-order chi connectivity index (χ0) is 22.7. The van der Waals surface area contributed by atoms with E-state index in [9.17, 15) is 4.79 Å². The molecule has 1 saturated heterocycles. The molecule has 3 aromatic rings. The Labute approximate surface area is 199 Å². The molecule has 4 nitrogen and oxygen atoms in total. The van der Waals surface area contributed by atoms with Crippen molar-refractivity contribution in [2.75, 3.05) is 6.54 Å². The first-order valence-electron chi connectivity index (χ1n) is 12.2. The minimum atomic E-state index is -0.445. The first-order valence-corrected chi connectivity index (χ1v) is 12.2. The Morgan fingerprint density at radius 1 is 0.971 bits per heavy atom. The van der Waals surface area contributed by atoms with Crippen molar-refractivity contribution in [3.05, 3.63) is 107 Å². The van der Waals surface area contributed by atoms with Crippen LogP contribution in [0.3, 0.4) is 0 Å². The molecule has 0 radical (unpaired) electrons. The summed E-state index contributed by atoms with van der Waals surface area (Å²) < 4.78 is 12.8. The van der Waals surface area contributed by atoms with Crippen LogP contribution in [0.25, 0.3) is 0 Å². The average molecular weight is 450 g/mol. The lowest BCUT2D eigenvalue weighted by molar-refractivity contribution is -0.127. The molecule has 4 atom stereocenters. The van der Waals surface area contributed by atoms with Gasteiger partial charge in [0.15, 0.2) is 23.4 Å². The monoisotopic (exact) mass is 449 g/mol. The number of hydrogen-bond acceptors (Lipinski definition) is 4. The van der Waals surface area contributed by atoms with Crippen molar-refractivity contribution < 1.29 is 14.3 Å². The lowest BCUT2D eigenvalue weighted by Crippen LogP contribution is -2.64. The summed E-state index contributed by atoms with van der Waals surface area (Å²) in [5.74, 6) is 1.91. The number of nitrogens with zero attached hydrogens (tertiary/aromatic N) is 1. The van der Waals surface area contributed by atoms with Gasteiger partial charge < -0.3 is 9.47 Å². The van der Waals surface area contributed by atoms with Crippen LogP contribution in [0.1, 0.15) is 28.7 Å². The highest BCUT2D eigenvalue weighted by molar-refractivity contribution is 5.98. The highest BCUT2D eigenvalue weighted by Gasteiger charge is 2.64. The van der Waals surface area contributed by atoms with Gasteiger partial charge in [0.2, 0.25) is 0 Å². The summed E-state index contributed by atoms with van der Waals surface area (Å²) in [7, 11) is 0. The number of rotatable bonds is 5. The van der Waals surface area contributed by atoms with Crippen LogP contribution in [-0.4, -0.2) is 29.4 Å². The second-order valence-electron chi connectivity index (χ2n) is 10.0. The molecule has 170 valence electrons. The van der Waals surface area contributed by atoms with Crippen molar-refractivity contribution in [2.45, 2.75) is 43.6 Å². The van der Waals surface area contributed by atoms with Gasteiger partial charge in [-0.3, -0.25) is 9.69 Å². The van der Waals surface area contributed by atoms with E-state index in [1.54, 1.807) is 6.08 Å². The summed E-state index contributed by atoms with van der Waals surface area (Å²) in [5.41, 5.74) is 4.72. The van der Waals surface area contributed by atoms with Crippen LogP contribution in [0.2, 0.25) is 0 Å². The van der Waals surface area contributed by atoms with E-state index >= 15 is 0 Å². The van der Waals surface area contributed by atoms with Gasteiger partial charge in [-0.05, 0) is 48.2 Å². The fourth-order valence-corrected chi connectivity index (χ4v) is 6.83. The Balaban J connectivity index is 1.28. The molecule has 2 bridgehead atoms. The van der Waals surface area contributed by atoms with E-state index in [2.05, 4.69) is 59.5 Å². The van der Waals surface area contributed by atoms with E-state index in [0.29, 0.717) is 12.6 Å². The van der Waals surface area contributed by atoms with Gasteiger partial charge in [-0.25, -0.2) is 0 Å². The van der Waals surface area contributed by atoms with Gasteiger partial charge in [-0.15, -0.1) is 0 Å². The Hall–Kier alpha value is -3.37. The summed E-state index contributed by atoms with van der Waals surface area (Å²) in [5, 5.41) is 0. The van der Waals surface area contributed by atoms with Crippen molar-refractivity contribution in [2.24, 2.45) is 5.92 Å². The summed E-state index contributed by atoms with van der Waals surface area (Å²) >= 11 is 0. The van der Waals surface area contributed by atoms with Crippen molar-refractivity contribution in [3.63, 3.8) is 0 Å². The Morgan fingerprint density at radius 2 is 1.74 bits per heavy atom. The molecule has 7 rings (SSSR count). The molecule has 0 saturated carbocycles. The normalized spacial score (nSPS) is 28.4. The van der Waals surface area contributed by atoms with E-state index in [1.807, 2.05) is 24.3 Å². The van der Waals surface area contributed by atoms with Crippen LogP contribution in [0.4, 0.5) is 0 Å². The fraction of sp³-hybridized carbons (Fsp3) is 0.300. The second-order valence-corrected chi connectivity index (χ2v) is 10.0. The maximum Gasteiger partial charge on any atom is 0.196 e. The van der Waals surface area contributed by atoms with Crippen molar-refractivity contribution in [1.29, 1.82) is 0 Å². The minimum absolute atomic E-state index is 0.0876. The van der Waals surface area contributed by atoms with Gasteiger partial charge >= 0.3 is 0 Å². The quantitative estimate of drug-likeness (QED) is 0.558. The van der Waals surface area contributed by atoms with Gasteiger partial charge in [0.05, 0.1) is 5.41 Å². The van der Waals surface area contributed by atoms with Gasteiger partial charge in [0, 0.05) is 24.1 Å². The highest BCUT2D eigenvalue weighted by Crippen LogP contribution is 2.62. The molecule has 1 spiro atoms. The molecule has 1 fully saturated rings. The van der Waals surface area contributed by atoms with Crippen LogP contribution in [0.15, 0.2) is 84.9 Å². The van der Waals surface area contributed by atoms with Crippen LogP contribution >= 0.6 is 0 Å². The Bertz CT molecular complexity index is 1290. The zero-order valence-electron chi connectivity index (χ0n) is 19.0. The fourth-order valence-electron chi connectivity index (χ4n) is 6.83. The molecule has 3 aromatic carbocycles. The third-order valence-corrected chi connectivity index (χ3v) is 8.29. The molecule has 2 aliphatic heterocycles. The van der Waals surface area contributed by atoms with E-state index in [4.69, 9.17) is 9.47 Å². The van der Waals surface area contributed by atoms with E-state index < -0.39 is 6.10 Å². The van der Waals surface area contributed by atoms with Gasteiger partial charge in [0.25, 0.3) is 0 Å². The van der Waals surface area contributed by atoms with E-state index in [0.717, 1.165) is 43.0 Å². The molecular weight excluding hydrogens is 422 g/mol. The molecule has 4 aliphatic rings. The number of likely N-dealkylation sites (tertiary alicyclic amines) is 1. The summed E-state index contributed by atoms with van der Waals surface area (Å²) in [6.07, 6.45) is 5.39. The zero-order valence-corrected chi connectivity index (χ0v) is 19.0. The molecule has 0 aromatic heterocycles. The highest BCUT2D eigenvalue weighted by atomic mass is 16.5. The molecule has 1 unspecified atom stereocenters. The smallest absolute Gasteiger partial charge is 0.196 e. The lowest BCUT2D eigenvalue weighted by atomic mass is 9.53. The SMILES string of the molecule is O=C1C=CC2[C@H]3Cc4ccc(OCc5ccccc5)c5c4[C@@]2(CCN3Cc2ccccc2)[C@H]1O5. The number of carbonyl (C=O) groups excluding carboxylic acids is 1. The van der Waals surface area contributed by atoms with Crippen LogP contribution in [0, 0.1) is 5.92 Å². The Morgan fingerprint density at radius 3 is 2.53 bits per heavy atom. The molecular formula is C30H27NO3. The number of ketones is 1. The van der Waals surface area contributed by atoms with E-state index in [-0.39, 0.29) is 17.1 Å². The average Bonchev–Trinajstić information content (AvgIpc) is 3.23. The molecule has 0 N–H and O–H groups in total. The van der Waals surface area contributed by atoms with Crippen LogP contribution in [-0.2, 0) is 29.8 Å². The molecule has 2 aliphatic carbocycles. The second kappa shape index (κ2) is 7.57. The van der Waals surface area contributed by atoms with Crippen LogP contribution in [0.5, 0.6) is 11.5 Å². The molecule has 2 heterocycles. The standard InChI is InChI=1S/C30H27NO3/c32-25-13-12-23-24-17-22-11-14-26(33-19-21-9-5-2-6-10-21)28-27(22)30(23,29(25)34-28)15-16-31(24)18-20-7-3-1-4-8-20/h1-14,23-24,29H,15-19H2/t23?,24-,29+,30+/m1/s1. The van der Waals surface area contributed by atoms with Crippen LogP contribution < -0.4 is 9.47 Å². The van der Waals surface area contributed by atoms with Gasteiger partial charge in [0.1, 0.15) is 6.61 Å². The third kappa shape index (κ3) is 2.85. The van der Waals surface area contributed by atoms with Gasteiger partial charge in [-0.1, -0.05) is 72.8 Å². The maximum atomic E-state index is 13.1. The third-order valence-electron chi connectivity index (χ3n) is 8.29. The molecule has 4 heteroatoms. The lowest BCUT2D eigenvalue weighted by Gasteiger charge is -2.56. The number of ether oxygens (including phenoxy) is 2. The summed E-state index contributed by atoms with van der Waals surface area (Å²) in [6.45, 7) is 2.38. The van der Waals surface area contributed by atoms with Gasteiger partial charge in [-0.2, -0.15) is 0 Å².